The third kappa shape index (κ3) is 5.78. The monoisotopic (exact) mass is 503 g/mol. The van der Waals surface area contributed by atoms with Gasteiger partial charge in [0.05, 0.1) is 42.9 Å². The topological polar surface area (TPSA) is 79.7 Å². The lowest BCUT2D eigenvalue weighted by Crippen LogP contribution is -2.44. The second-order valence-corrected chi connectivity index (χ2v) is 10.6. The van der Waals surface area contributed by atoms with Crippen LogP contribution in [-0.2, 0) is 11.2 Å². The number of hydrogen-bond donors (Lipinski definition) is 0. The fourth-order valence-corrected chi connectivity index (χ4v) is 5.70. The second kappa shape index (κ2) is 11.1. The highest BCUT2D eigenvalue weighted by atomic mass is 16.5. The van der Waals surface area contributed by atoms with Gasteiger partial charge in [-0.3, -0.25) is 4.98 Å². The number of anilines is 2. The van der Waals surface area contributed by atoms with Crippen LogP contribution in [0.2, 0.25) is 0 Å². The maximum absolute atomic E-state index is 6.59. The third-order valence-corrected chi connectivity index (χ3v) is 8.02. The first-order valence-corrected chi connectivity index (χ1v) is 13.7. The van der Waals surface area contributed by atoms with Crippen LogP contribution in [0.15, 0.2) is 36.9 Å². The first-order valence-electron chi connectivity index (χ1n) is 13.7. The van der Waals surface area contributed by atoms with Crippen molar-refractivity contribution >= 4 is 22.4 Å². The first kappa shape index (κ1) is 24.3. The van der Waals surface area contributed by atoms with Crippen molar-refractivity contribution < 1.29 is 9.47 Å². The summed E-state index contributed by atoms with van der Waals surface area (Å²) in [6, 6.07) is 4.26. The van der Waals surface area contributed by atoms with Gasteiger partial charge in [-0.05, 0) is 44.7 Å². The number of piperazine rings is 1. The Morgan fingerprint density at radius 3 is 2.27 bits per heavy atom. The summed E-state index contributed by atoms with van der Waals surface area (Å²) in [6.07, 6.45) is 13.0. The van der Waals surface area contributed by atoms with E-state index in [2.05, 4.69) is 43.8 Å². The Morgan fingerprint density at radius 2 is 1.51 bits per heavy atom. The summed E-state index contributed by atoms with van der Waals surface area (Å²) in [5.41, 5.74) is 4.00. The summed E-state index contributed by atoms with van der Waals surface area (Å²) >= 11 is 0. The highest BCUT2D eigenvalue weighted by Gasteiger charge is 2.25. The lowest BCUT2D eigenvalue weighted by Gasteiger charge is -2.33. The Bertz CT molecular complexity index is 1170. The number of aromatic nitrogens is 4. The minimum absolute atomic E-state index is 0.196. The van der Waals surface area contributed by atoms with Crippen LogP contribution < -0.4 is 14.5 Å². The zero-order chi connectivity index (χ0) is 25.0. The molecular formula is C28H37N7O2. The standard InChI is InChI=1S/C28H37N7O2/c1-33-8-10-34(11-9-33)23-19-31-27(32-20-23)16-21-2-4-24(5-3-21)37-26-18-22(35-12-14-36-15-13-35)17-25-28(26)30-7-6-29-25/h6-7,17-21,24H,2-5,8-16H2,1H3. The molecule has 37 heavy (non-hydrogen) atoms. The quantitative estimate of drug-likeness (QED) is 0.504. The van der Waals surface area contributed by atoms with Crippen LogP contribution >= 0.6 is 0 Å². The fourth-order valence-electron chi connectivity index (χ4n) is 5.70. The van der Waals surface area contributed by atoms with Gasteiger partial charge in [0.25, 0.3) is 0 Å². The SMILES string of the molecule is CN1CCN(c2cnc(CC3CCC(Oc4cc(N5CCOCC5)cc5nccnc45)CC3)nc2)CC1. The minimum atomic E-state index is 0.196. The van der Waals surface area contributed by atoms with E-state index in [0.29, 0.717) is 5.92 Å². The lowest BCUT2D eigenvalue weighted by atomic mass is 9.85. The minimum Gasteiger partial charge on any atom is -0.488 e. The molecule has 9 nitrogen and oxygen atoms in total. The van der Waals surface area contributed by atoms with E-state index < -0.39 is 0 Å². The average molecular weight is 504 g/mol. The normalized spacial score (nSPS) is 23.4. The molecule has 0 spiro atoms. The zero-order valence-electron chi connectivity index (χ0n) is 21.8. The second-order valence-electron chi connectivity index (χ2n) is 10.6. The van der Waals surface area contributed by atoms with Gasteiger partial charge < -0.3 is 24.2 Å². The zero-order valence-corrected chi connectivity index (χ0v) is 21.8. The van der Waals surface area contributed by atoms with Gasteiger partial charge in [-0.25, -0.2) is 15.0 Å². The van der Waals surface area contributed by atoms with E-state index in [-0.39, 0.29) is 6.10 Å². The van der Waals surface area contributed by atoms with Crippen molar-refractivity contribution in [3.8, 4) is 5.75 Å². The Morgan fingerprint density at radius 1 is 0.811 bits per heavy atom. The summed E-state index contributed by atoms with van der Waals surface area (Å²) in [5.74, 6) is 2.41. The molecule has 4 heterocycles. The van der Waals surface area contributed by atoms with Crippen molar-refractivity contribution in [2.24, 2.45) is 5.92 Å². The van der Waals surface area contributed by atoms with E-state index in [1.54, 1.807) is 12.4 Å². The Kier molecular flexibility index (Phi) is 7.32. The van der Waals surface area contributed by atoms with Crippen molar-refractivity contribution in [1.29, 1.82) is 0 Å². The molecule has 9 heteroatoms. The van der Waals surface area contributed by atoms with Crippen molar-refractivity contribution in [1.82, 2.24) is 24.8 Å². The predicted octanol–water partition coefficient (Wildman–Crippen LogP) is 3.19. The van der Waals surface area contributed by atoms with Gasteiger partial charge in [0.15, 0.2) is 0 Å². The lowest BCUT2D eigenvalue weighted by molar-refractivity contribution is 0.122. The summed E-state index contributed by atoms with van der Waals surface area (Å²) in [4.78, 5) is 25.7. The van der Waals surface area contributed by atoms with Crippen LogP contribution in [0.5, 0.6) is 5.75 Å². The molecule has 1 saturated carbocycles. The van der Waals surface area contributed by atoms with Gasteiger partial charge >= 0.3 is 0 Å². The largest absolute Gasteiger partial charge is 0.488 e. The van der Waals surface area contributed by atoms with E-state index in [4.69, 9.17) is 19.4 Å². The number of nitrogens with zero attached hydrogens (tertiary/aromatic N) is 7. The molecule has 0 amide bonds. The van der Waals surface area contributed by atoms with Crippen LogP contribution in [0.25, 0.3) is 11.0 Å². The molecule has 0 radical (unpaired) electrons. The predicted molar refractivity (Wildman–Crippen MR) is 144 cm³/mol. The number of fused-ring (bicyclic) bond motifs is 1. The molecule has 0 bridgehead atoms. The van der Waals surface area contributed by atoms with E-state index in [1.807, 2.05) is 12.4 Å². The molecule has 3 aliphatic rings. The van der Waals surface area contributed by atoms with E-state index in [9.17, 15) is 0 Å². The molecule has 3 aromatic rings. The maximum atomic E-state index is 6.59. The Hall–Kier alpha value is -3.04. The highest BCUT2D eigenvalue weighted by Crippen LogP contribution is 2.34. The molecule has 196 valence electrons. The number of hydrogen-bond acceptors (Lipinski definition) is 9. The smallest absolute Gasteiger partial charge is 0.149 e. The summed E-state index contributed by atoms with van der Waals surface area (Å²) < 4.78 is 12.1. The highest BCUT2D eigenvalue weighted by molar-refractivity contribution is 5.85. The van der Waals surface area contributed by atoms with Crippen LogP contribution in [0.3, 0.4) is 0 Å². The summed E-state index contributed by atoms with van der Waals surface area (Å²) in [5, 5.41) is 0. The Labute approximate surface area is 218 Å². The molecule has 3 fully saturated rings. The van der Waals surface area contributed by atoms with Gasteiger partial charge in [0.1, 0.15) is 17.1 Å². The maximum Gasteiger partial charge on any atom is 0.149 e. The van der Waals surface area contributed by atoms with Crippen LogP contribution in [0.1, 0.15) is 31.5 Å². The molecule has 0 N–H and O–H groups in total. The van der Waals surface area contributed by atoms with Crippen LogP contribution in [0.4, 0.5) is 11.4 Å². The molecule has 1 aromatic carbocycles. The number of likely N-dealkylation sites (N-methyl/N-ethyl adjacent to an activating group) is 1. The van der Waals surface area contributed by atoms with E-state index in [1.165, 1.54) is 0 Å². The summed E-state index contributed by atoms with van der Waals surface area (Å²) in [7, 11) is 2.18. The first-order chi connectivity index (χ1) is 18.2. The molecule has 6 rings (SSSR count). The molecule has 2 aliphatic heterocycles. The van der Waals surface area contributed by atoms with E-state index >= 15 is 0 Å². The van der Waals surface area contributed by atoms with Gasteiger partial charge in [-0.1, -0.05) is 0 Å². The van der Waals surface area contributed by atoms with Gasteiger partial charge in [-0.15, -0.1) is 0 Å². The number of morpholine rings is 1. The molecular weight excluding hydrogens is 466 g/mol. The van der Waals surface area contributed by atoms with Crippen molar-refractivity contribution in [3.05, 3.63) is 42.7 Å². The van der Waals surface area contributed by atoms with Crippen molar-refractivity contribution in [3.63, 3.8) is 0 Å². The third-order valence-electron chi connectivity index (χ3n) is 8.02. The number of rotatable bonds is 6. The number of ether oxygens (including phenoxy) is 2. The Balaban J connectivity index is 1.06. The van der Waals surface area contributed by atoms with Crippen LogP contribution in [0, 0.1) is 5.92 Å². The fraction of sp³-hybridized carbons (Fsp3) is 0.571. The van der Waals surface area contributed by atoms with Gasteiger partial charge in [-0.2, -0.15) is 0 Å². The van der Waals surface area contributed by atoms with E-state index in [0.717, 1.165) is 119 Å². The summed E-state index contributed by atoms with van der Waals surface area (Å²) in [6.45, 7) is 7.53. The van der Waals surface area contributed by atoms with Crippen molar-refractivity contribution in [2.45, 2.75) is 38.2 Å². The molecule has 2 saturated heterocycles. The molecule has 1 aliphatic carbocycles. The molecule has 0 unspecified atom stereocenters. The van der Waals surface area contributed by atoms with Crippen LogP contribution in [-0.4, -0.2) is 90.5 Å². The molecule has 2 aromatic heterocycles. The van der Waals surface area contributed by atoms with Gasteiger partial charge in [0, 0.05) is 69.8 Å². The number of benzene rings is 1. The van der Waals surface area contributed by atoms with Crippen molar-refractivity contribution in [2.75, 3.05) is 69.3 Å². The molecule has 0 atom stereocenters. The van der Waals surface area contributed by atoms with Gasteiger partial charge in [0.2, 0.25) is 0 Å². The average Bonchev–Trinajstić information content (AvgIpc) is 2.95.